The molecular formula is C25H25N3O4S2. The molecule has 2 aromatic carbocycles. The van der Waals surface area contributed by atoms with Crippen LogP contribution in [0.5, 0.6) is 5.75 Å². The van der Waals surface area contributed by atoms with Crippen LogP contribution in [0.2, 0.25) is 0 Å². The number of hydrogen-bond donors (Lipinski definition) is 0. The van der Waals surface area contributed by atoms with E-state index in [4.69, 9.17) is 9.72 Å². The smallest absolute Gasteiger partial charge is 0.230 e. The number of thiazole rings is 1. The number of rotatable bonds is 9. The number of pyridine rings is 1. The highest BCUT2D eigenvalue weighted by Crippen LogP contribution is 2.32. The number of anilines is 1. The van der Waals surface area contributed by atoms with E-state index in [-0.39, 0.29) is 29.5 Å². The number of methoxy groups -OCH3 is 1. The number of para-hydroxylation sites is 1. The van der Waals surface area contributed by atoms with Gasteiger partial charge in [-0.3, -0.25) is 14.7 Å². The Morgan fingerprint density at radius 1 is 1.09 bits per heavy atom. The second-order valence-electron chi connectivity index (χ2n) is 7.70. The molecule has 0 aliphatic rings. The van der Waals surface area contributed by atoms with E-state index in [0.29, 0.717) is 10.9 Å². The summed E-state index contributed by atoms with van der Waals surface area (Å²) in [4.78, 5) is 24.0. The summed E-state index contributed by atoms with van der Waals surface area (Å²) in [6.45, 7) is 2.33. The predicted octanol–water partition coefficient (Wildman–Crippen LogP) is 4.66. The fourth-order valence-corrected chi connectivity index (χ4v) is 5.85. The lowest BCUT2D eigenvalue weighted by Crippen LogP contribution is -2.31. The summed E-state index contributed by atoms with van der Waals surface area (Å²) in [6, 6.07) is 15.9. The van der Waals surface area contributed by atoms with Crippen molar-refractivity contribution >= 4 is 42.4 Å². The van der Waals surface area contributed by atoms with Crippen molar-refractivity contribution in [3.8, 4) is 5.75 Å². The number of nitrogens with zero attached hydrogens (tertiary/aromatic N) is 3. The van der Waals surface area contributed by atoms with Crippen molar-refractivity contribution in [1.29, 1.82) is 0 Å². The van der Waals surface area contributed by atoms with E-state index in [1.165, 1.54) is 30.6 Å². The minimum atomic E-state index is -3.64. The van der Waals surface area contributed by atoms with Crippen LogP contribution in [-0.4, -0.2) is 37.2 Å². The highest BCUT2D eigenvalue weighted by Gasteiger charge is 2.24. The third-order valence-electron chi connectivity index (χ3n) is 5.47. The molecule has 9 heteroatoms. The summed E-state index contributed by atoms with van der Waals surface area (Å²) in [5.74, 6) is -0.0368. The van der Waals surface area contributed by atoms with Crippen molar-refractivity contribution < 1.29 is 17.9 Å². The minimum absolute atomic E-state index is 0.160. The molecule has 0 N–H and O–H groups in total. The number of carbonyl (C=O) groups excluding carboxylic acids is 1. The van der Waals surface area contributed by atoms with E-state index in [1.54, 1.807) is 35.5 Å². The molecule has 0 unspecified atom stereocenters. The summed E-state index contributed by atoms with van der Waals surface area (Å²) >= 11 is 1.43. The zero-order valence-corrected chi connectivity index (χ0v) is 20.6. The van der Waals surface area contributed by atoms with Crippen molar-refractivity contribution in [3.05, 3.63) is 78.1 Å². The molecule has 7 nitrogen and oxygen atoms in total. The molecule has 0 bridgehead atoms. The number of benzene rings is 2. The quantitative estimate of drug-likeness (QED) is 0.336. The van der Waals surface area contributed by atoms with Gasteiger partial charge in [-0.1, -0.05) is 36.5 Å². The number of aromatic nitrogens is 2. The van der Waals surface area contributed by atoms with Gasteiger partial charge in [0, 0.05) is 18.8 Å². The Kier molecular flexibility index (Phi) is 7.23. The van der Waals surface area contributed by atoms with Crippen LogP contribution in [0, 0.1) is 0 Å². The molecule has 1 amide bonds. The molecule has 0 aliphatic carbocycles. The predicted molar refractivity (Wildman–Crippen MR) is 134 cm³/mol. The van der Waals surface area contributed by atoms with Crippen molar-refractivity contribution in [2.24, 2.45) is 0 Å². The van der Waals surface area contributed by atoms with Crippen molar-refractivity contribution in [3.63, 3.8) is 0 Å². The average molecular weight is 496 g/mol. The Bertz CT molecular complexity index is 1380. The van der Waals surface area contributed by atoms with Crippen molar-refractivity contribution in [2.45, 2.75) is 31.2 Å². The Morgan fingerprint density at radius 3 is 2.56 bits per heavy atom. The minimum Gasteiger partial charge on any atom is -0.497 e. The molecule has 0 saturated carbocycles. The van der Waals surface area contributed by atoms with Crippen LogP contribution in [0.3, 0.4) is 0 Å². The Hall–Kier alpha value is -3.30. The van der Waals surface area contributed by atoms with Gasteiger partial charge in [0.1, 0.15) is 5.75 Å². The largest absolute Gasteiger partial charge is 0.497 e. The van der Waals surface area contributed by atoms with Gasteiger partial charge in [-0.25, -0.2) is 13.4 Å². The van der Waals surface area contributed by atoms with E-state index in [9.17, 15) is 13.2 Å². The molecule has 0 spiro atoms. The first kappa shape index (κ1) is 23.8. The molecule has 176 valence electrons. The maximum atomic E-state index is 13.3. The number of ether oxygens (including phenoxy) is 1. The van der Waals surface area contributed by atoms with Crippen LogP contribution >= 0.6 is 11.3 Å². The molecule has 4 aromatic rings. The van der Waals surface area contributed by atoms with Gasteiger partial charge in [0.25, 0.3) is 0 Å². The number of sulfone groups is 1. The number of hydrogen-bond acceptors (Lipinski definition) is 7. The summed E-state index contributed by atoms with van der Waals surface area (Å²) in [6.07, 6.45) is 4.03. The van der Waals surface area contributed by atoms with Gasteiger partial charge in [-0.15, -0.1) is 0 Å². The summed E-state index contributed by atoms with van der Waals surface area (Å²) in [5.41, 5.74) is 2.82. The number of carbonyl (C=O) groups is 1. The average Bonchev–Trinajstić information content (AvgIpc) is 3.30. The second-order valence-corrected chi connectivity index (χ2v) is 10.8. The van der Waals surface area contributed by atoms with Gasteiger partial charge in [0.05, 0.1) is 34.5 Å². The van der Waals surface area contributed by atoms with Gasteiger partial charge in [-0.05, 0) is 53.9 Å². The van der Waals surface area contributed by atoms with Gasteiger partial charge >= 0.3 is 0 Å². The number of aryl methyl sites for hydroxylation is 1. The van der Waals surface area contributed by atoms with Crippen LogP contribution in [0.25, 0.3) is 10.2 Å². The molecule has 0 aliphatic heterocycles. The number of fused-ring (bicyclic) bond motifs is 1. The maximum absolute atomic E-state index is 13.3. The van der Waals surface area contributed by atoms with Gasteiger partial charge < -0.3 is 4.74 Å². The standard InChI is InChI=1S/C25H25N3O4S2/c1-3-19-7-4-8-22-24(19)27-25(33-22)28(17-18-6-5-14-26-16-18)23(29)13-15-34(30,31)21-11-9-20(32-2)10-12-21/h4-12,14,16H,3,13,15,17H2,1-2H3. The Balaban J connectivity index is 1.60. The lowest BCUT2D eigenvalue weighted by Gasteiger charge is -2.20. The van der Waals surface area contributed by atoms with Gasteiger partial charge in [0.15, 0.2) is 15.0 Å². The normalized spacial score (nSPS) is 11.5. The summed E-state index contributed by atoms with van der Waals surface area (Å²) in [5, 5.41) is 0.548. The van der Waals surface area contributed by atoms with Crippen molar-refractivity contribution in [2.75, 3.05) is 17.8 Å². The molecule has 2 heterocycles. The monoisotopic (exact) mass is 495 g/mol. The fraction of sp³-hybridized carbons (Fsp3) is 0.240. The van der Waals surface area contributed by atoms with Crippen LogP contribution in [-0.2, 0) is 27.6 Å². The molecule has 4 rings (SSSR count). The Morgan fingerprint density at radius 2 is 1.88 bits per heavy atom. The fourth-order valence-electron chi connectivity index (χ4n) is 3.59. The van der Waals surface area contributed by atoms with E-state index in [1.807, 2.05) is 24.3 Å². The molecule has 2 aromatic heterocycles. The van der Waals surface area contributed by atoms with Crippen LogP contribution in [0.1, 0.15) is 24.5 Å². The van der Waals surface area contributed by atoms with Crippen LogP contribution in [0.4, 0.5) is 5.13 Å². The zero-order chi connectivity index (χ0) is 24.1. The third-order valence-corrected chi connectivity index (χ3v) is 8.25. The van der Waals surface area contributed by atoms with Gasteiger partial charge in [0.2, 0.25) is 5.91 Å². The Labute approximate surface area is 203 Å². The molecule has 0 saturated heterocycles. The SMILES string of the molecule is CCc1cccc2sc(N(Cc3cccnc3)C(=O)CCS(=O)(=O)c3ccc(OC)cc3)nc12. The van der Waals surface area contributed by atoms with Gasteiger partial charge in [-0.2, -0.15) is 0 Å². The molecule has 0 radical (unpaired) electrons. The molecule has 34 heavy (non-hydrogen) atoms. The van der Waals surface area contributed by atoms with Crippen LogP contribution in [0.15, 0.2) is 71.9 Å². The lowest BCUT2D eigenvalue weighted by atomic mass is 10.1. The zero-order valence-electron chi connectivity index (χ0n) is 19.0. The first-order valence-corrected chi connectivity index (χ1v) is 13.3. The number of amides is 1. The summed E-state index contributed by atoms with van der Waals surface area (Å²) in [7, 11) is -2.12. The lowest BCUT2D eigenvalue weighted by molar-refractivity contribution is -0.118. The summed E-state index contributed by atoms with van der Waals surface area (Å²) < 4.78 is 31.8. The first-order valence-electron chi connectivity index (χ1n) is 10.9. The maximum Gasteiger partial charge on any atom is 0.230 e. The van der Waals surface area contributed by atoms with E-state index in [2.05, 4.69) is 11.9 Å². The van der Waals surface area contributed by atoms with Crippen LogP contribution < -0.4 is 9.64 Å². The topological polar surface area (TPSA) is 89.5 Å². The molecule has 0 fully saturated rings. The van der Waals surface area contributed by atoms with E-state index in [0.717, 1.165) is 27.8 Å². The van der Waals surface area contributed by atoms with Crippen molar-refractivity contribution in [1.82, 2.24) is 9.97 Å². The van der Waals surface area contributed by atoms with E-state index >= 15 is 0 Å². The highest BCUT2D eigenvalue weighted by atomic mass is 32.2. The third kappa shape index (κ3) is 5.26. The highest BCUT2D eigenvalue weighted by molar-refractivity contribution is 7.91. The molecule has 0 atom stereocenters. The second kappa shape index (κ2) is 10.3. The molecular weight excluding hydrogens is 470 g/mol. The van der Waals surface area contributed by atoms with E-state index < -0.39 is 9.84 Å². The first-order chi connectivity index (χ1) is 16.4.